The number of piperazine rings is 1. The second-order valence-electron chi connectivity index (χ2n) is 7.65. The summed E-state index contributed by atoms with van der Waals surface area (Å²) < 4.78 is 5.97. The predicted octanol–water partition coefficient (Wildman–Crippen LogP) is 2.73. The molecule has 2 aliphatic rings. The van der Waals surface area contributed by atoms with E-state index in [4.69, 9.17) is 4.74 Å². The van der Waals surface area contributed by atoms with Gasteiger partial charge < -0.3 is 19.4 Å². The first-order chi connectivity index (χ1) is 12.3. The smallest absolute Gasteiger partial charge is 0.119 e. The molecule has 4 nitrogen and oxygen atoms in total. The molecule has 0 aromatic heterocycles. The van der Waals surface area contributed by atoms with Crippen molar-refractivity contribution >= 4 is 0 Å². The van der Waals surface area contributed by atoms with E-state index in [0.29, 0.717) is 0 Å². The van der Waals surface area contributed by atoms with Gasteiger partial charge in [-0.15, -0.1) is 0 Å². The fraction of sp³-hybridized carbons (Fsp3) is 0.714. The molecule has 2 heterocycles. The first-order valence-electron chi connectivity index (χ1n) is 10.1. The summed E-state index contributed by atoms with van der Waals surface area (Å²) in [5.41, 5.74) is 1.41. The van der Waals surface area contributed by atoms with E-state index >= 15 is 0 Å². The lowest BCUT2D eigenvalue weighted by Gasteiger charge is -2.32. The minimum Gasteiger partial charge on any atom is -0.494 e. The highest BCUT2D eigenvalue weighted by Crippen LogP contribution is 2.16. The van der Waals surface area contributed by atoms with Crippen LogP contribution >= 0.6 is 0 Å². The van der Waals surface area contributed by atoms with Gasteiger partial charge in [0.15, 0.2) is 0 Å². The van der Waals surface area contributed by atoms with Crippen molar-refractivity contribution in [1.82, 2.24) is 14.7 Å². The Labute approximate surface area is 153 Å². The molecule has 0 aliphatic carbocycles. The zero-order valence-electron chi connectivity index (χ0n) is 16.0. The number of nitrogens with zero attached hydrogens (tertiary/aromatic N) is 3. The van der Waals surface area contributed by atoms with Crippen molar-refractivity contribution in [2.75, 3.05) is 66.0 Å². The van der Waals surface area contributed by atoms with Crippen molar-refractivity contribution in [3.8, 4) is 5.75 Å². The molecule has 0 saturated carbocycles. The molecule has 0 radical (unpaired) electrons. The van der Waals surface area contributed by atoms with Crippen molar-refractivity contribution in [2.24, 2.45) is 0 Å². The molecule has 0 atom stereocenters. The molecule has 0 amide bonds. The lowest BCUT2D eigenvalue weighted by atomic mass is 10.1. The monoisotopic (exact) mass is 345 g/mol. The van der Waals surface area contributed by atoms with Crippen LogP contribution in [-0.2, 0) is 6.42 Å². The van der Waals surface area contributed by atoms with Crippen LogP contribution in [0.2, 0.25) is 0 Å². The number of ether oxygens (including phenoxy) is 1. The molecule has 25 heavy (non-hydrogen) atoms. The Balaban J connectivity index is 1.31. The first kappa shape index (κ1) is 18.7. The molecule has 1 aromatic carbocycles. The molecular weight excluding hydrogens is 310 g/mol. The minimum atomic E-state index is 0.835. The Bertz CT molecular complexity index is 494. The minimum absolute atomic E-state index is 0.835. The van der Waals surface area contributed by atoms with E-state index in [-0.39, 0.29) is 0 Å². The van der Waals surface area contributed by atoms with E-state index in [1.165, 1.54) is 77.2 Å². The highest BCUT2D eigenvalue weighted by Gasteiger charge is 2.13. The Morgan fingerprint density at radius 3 is 2.40 bits per heavy atom. The van der Waals surface area contributed by atoms with Crippen LogP contribution in [0.15, 0.2) is 24.3 Å². The van der Waals surface area contributed by atoms with Crippen molar-refractivity contribution in [1.29, 1.82) is 0 Å². The third-order valence-electron chi connectivity index (χ3n) is 5.52. The Morgan fingerprint density at radius 1 is 0.880 bits per heavy atom. The number of benzene rings is 1. The fourth-order valence-electron chi connectivity index (χ4n) is 3.85. The van der Waals surface area contributed by atoms with Gasteiger partial charge in [-0.2, -0.15) is 0 Å². The number of aryl methyl sites for hydroxylation is 1. The van der Waals surface area contributed by atoms with E-state index < -0.39 is 0 Å². The van der Waals surface area contributed by atoms with Gasteiger partial charge in [-0.25, -0.2) is 0 Å². The van der Waals surface area contributed by atoms with Gasteiger partial charge in [-0.05, 0) is 76.5 Å². The maximum absolute atomic E-state index is 5.97. The summed E-state index contributed by atoms with van der Waals surface area (Å²) in [6.07, 6.45) is 6.27. The molecule has 2 saturated heterocycles. The SMILES string of the molecule is CN1CCN(CCCc2cccc(OCCCN3CCCC3)c2)CC1. The molecule has 2 fully saturated rings. The zero-order chi connectivity index (χ0) is 17.3. The van der Waals surface area contributed by atoms with Crippen LogP contribution in [0.3, 0.4) is 0 Å². The van der Waals surface area contributed by atoms with Crippen LogP contribution in [-0.4, -0.2) is 80.7 Å². The average molecular weight is 346 g/mol. The van der Waals surface area contributed by atoms with E-state index in [0.717, 1.165) is 25.2 Å². The summed E-state index contributed by atoms with van der Waals surface area (Å²) in [6, 6.07) is 8.71. The molecular formula is C21H35N3O. The predicted molar refractivity (Wildman–Crippen MR) is 104 cm³/mol. The lowest BCUT2D eigenvalue weighted by Crippen LogP contribution is -2.44. The normalized spacial score (nSPS) is 20.2. The van der Waals surface area contributed by atoms with Crippen LogP contribution in [0.25, 0.3) is 0 Å². The molecule has 140 valence electrons. The molecule has 0 spiro atoms. The summed E-state index contributed by atoms with van der Waals surface area (Å²) >= 11 is 0. The number of hydrogen-bond acceptors (Lipinski definition) is 4. The molecule has 3 rings (SSSR count). The molecule has 0 N–H and O–H groups in total. The van der Waals surface area contributed by atoms with E-state index in [1.807, 2.05) is 0 Å². The largest absolute Gasteiger partial charge is 0.494 e. The van der Waals surface area contributed by atoms with Crippen molar-refractivity contribution in [2.45, 2.75) is 32.1 Å². The number of likely N-dealkylation sites (tertiary alicyclic amines) is 1. The van der Waals surface area contributed by atoms with Gasteiger partial charge >= 0.3 is 0 Å². The highest BCUT2D eigenvalue weighted by atomic mass is 16.5. The Hall–Kier alpha value is -1.10. The quantitative estimate of drug-likeness (QED) is 0.641. The van der Waals surface area contributed by atoms with E-state index in [1.54, 1.807) is 0 Å². The maximum Gasteiger partial charge on any atom is 0.119 e. The summed E-state index contributed by atoms with van der Waals surface area (Å²) in [5, 5.41) is 0. The van der Waals surface area contributed by atoms with Crippen LogP contribution in [0.1, 0.15) is 31.2 Å². The summed E-state index contributed by atoms with van der Waals surface area (Å²) in [7, 11) is 2.22. The van der Waals surface area contributed by atoms with Gasteiger partial charge in [-0.1, -0.05) is 12.1 Å². The summed E-state index contributed by atoms with van der Waals surface area (Å²) in [5.74, 6) is 1.04. The van der Waals surface area contributed by atoms with Crippen molar-refractivity contribution in [3.63, 3.8) is 0 Å². The van der Waals surface area contributed by atoms with Crippen LogP contribution in [0.5, 0.6) is 5.75 Å². The average Bonchev–Trinajstić information content (AvgIpc) is 3.14. The zero-order valence-corrected chi connectivity index (χ0v) is 16.0. The fourth-order valence-corrected chi connectivity index (χ4v) is 3.85. The van der Waals surface area contributed by atoms with Gasteiger partial charge in [0.05, 0.1) is 6.61 Å². The highest BCUT2D eigenvalue weighted by molar-refractivity contribution is 5.28. The summed E-state index contributed by atoms with van der Waals surface area (Å²) in [4.78, 5) is 7.57. The van der Waals surface area contributed by atoms with Crippen LogP contribution in [0.4, 0.5) is 0 Å². The number of hydrogen-bond donors (Lipinski definition) is 0. The number of rotatable bonds is 9. The standard InChI is InChI=1S/C21H35N3O/c1-22-14-16-24(17-15-22)12-5-8-20-7-4-9-21(19-20)25-18-6-13-23-10-2-3-11-23/h4,7,9,19H,2-3,5-6,8,10-18H2,1H3. The number of likely N-dealkylation sites (N-methyl/N-ethyl adjacent to an activating group) is 1. The third-order valence-corrected chi connectivity index (χ3v) is 5.52. The molecule has 1 aromatic rings. The topological polar surface area (TPSA) is 19.0 Å². The van der Waals surface area contributed by atoms with E-state index in [9.17, 15) is 0 Å². The molecule has 0 bridgehead atoms. The molecule has 4 heteroatoms. The second kappa shape index (κ2) is 10.1. The maximum atomic E-state index is 5.97. The van der Waals surface area contributed by atoms with Gasteiger partial charge in [-0.3, -0.25) is 0 Å². The second-order valence-corrected chi connectivity index (χ2v) is 7.65. The third kappa shape index (κ3) is 6.61. The Kier molecular flexibility index (Phi) is 7.58. The van der Waals surface area contributed by atoms with Gasteiger partial charge in [0.2, 0.25) is 0 Å². The van der Waals surface area contributed by atoms with Gasteiger partial charge in [0.25, 0.3) is 0 Å². The van der Waals surface area contributed by atoms with Crippen LogP contribution in [0, 0.1) is 0 Å². The van der Waals surface area contributed by atoms with E-state index in [2.05, 4.69) is 46.0 Å². The first-order valence-corrected chi connectivity index (χ1v) is 10.1. The van der Waals surface area contributed by atoms with Gasteiger partial charge in [0.1, 0.15) is 5.75 Å². The van der Waals surface area contributed by atoms with Crippen molar-refractivity contribution < 1.29 is 4.74 Å². The lowest BCUT2D eigenvalue weighted by molar-refractivity contribution is 0.153. The summed E-state index contributed by atoms with van der Waals surface area (Å²) in [6.45, 7) is 10.7. The van der Waals surface area contributed by atoms with Crippen molar-refractivity contribution in [3.05, 3.63) is 29.8 Å². The molecule has 0 unspecified atom stereocenters. The van der Waals surface area contributed by atoms with Crippen LogP contribution < -0.4 is 4.74 Å². The Morgan fingerprint density at radius 2 is 1.60 bits per heavy atom. The van der Waals surface area contributed by atoms with Gasteiger partial charge in [0, 0.05) is 32.7 Å². The molecule has 2 aliphatic heterocycles.